The number of anilines is 1. The van der Waals surface area contributed by atoms with Crippen molar-refractivity contribution in [2.45, 2.75) is 79.9 Å². The molecule has 1 N–H and O–H groups in total. The molecule has 1 atom stereocenters. The van der Waals surface area contributed by atoms with Crippen LogP contribution in [0.15, 0.2) is 54.6 Å². The van der Waals surface area contributed by atoms with Gasteiger partial charge in [-0.1, -0.05) is 71.2 Å². The molecule has 6 heteroatoms. The largest absolute Gasteiger partial charge is 0.417 e. The number of aryl methyl sites for hydroxylation is 2. The standard InChI is InChI=1S/C22H20F4N2.C5H12.C2H6/c1-13-10-20(17-6-4-5-7-19(17)22(24,25)26)28-21(11-13)27-15(3)18-12-16(23)9-8-14(18)2;1-3-5-4-2;1-2/h4-12,15H,1-3H3,(H,27,28);3-5H2,1-2H3;1-2H3. The summed E-state index contributed by atoms with van der Waals surface area (Å²) in [5.41, 5.74) is 1.98. The van der Waals surface area contributed by atoms with Gasteiger partial charge in [-0.2, -0.15) is 13.2 Å². The Morgan fingerprint density at radius 2 is 1.54 bits per heavy atom. The van der Waals surface area contributed by atoms with Gasteiger partial charge in [-0.25, -0.2) is 9.37 Å². The lowest BCUT2D eigenvalue weighted by Gasteiger charge is -2.19. The van der Waals surface area contributed by atoms with Crippen LogP contribution in [0.2, 0.25) is 0 Å². The summed E-state index contributed by atoms with van der Waals surface area (Å²) in [6.45, 7) is 14.0. The lowest BCUT2D eigenvalue weighted by atomic mass is 10.0. The average Bonchev–Trinajstić information content (AvgIpc) is 2.82. The van der Waals surface area contributed by atoms with Crippen molar-refractivity contribution in [2.24, 2.45) is 0 Å². The molecule has 1 unspecified atom stereocenters. The maximum Gasteiger partial charge on any atom is 0.417 e. The first-order valence-electron chi connectivity index (χ1n) is 12.2. The van der Waals surface area contributed by atoms with Gasteiger partial charge in [-0.15, -0.1) is 0 Å². The minimum Gasteiger partial charge on any atom is -0.364 e. The van der Waals surface area contributed by atoms with Crippen LogP contribution in [0, 0.1) is 19.7 Å². The van der Waals surface area contributed by atoms with Crippen molar-refractivity contribution in [3.63, 3.8) is 0 Å². The van der Waals surface area contributed by atoms with Crippen molar-refractivity contribution < 1.29 is 17.6 Å². The molecule has 35 heavy (non-hydrogen) atoms. The molecule has 0 aliphatic heterocycles. The minimum absolute atomic E-state index is 0.0244. The quantitative estimate of drug-likeness (QED) is 0.348. The summed E-state index contributed by atoms with van der Waals surface area (Å²) in [5, 5.41) is 3.18. The topological polar surface area (TPSA) is 24.9 Å². The van der Waals surface area contributed by atoms with E-state index in [0.29, 0.717) is 5.82 Å². The molecule has 0 aliphatic rings. The molecular formula is C29H38F4N2. The maximum absolute atomic E-state index is 13.6. The lowest BCUT2D eigenvalue weighted by Crippen LogP contribution is -2.11. The number of nitrogens with zero attached hydrogens (tertiary/aromatic N) is 1. The Hall–Kier alpha value is -2.89. The van der Waals surface area contributed by atoms with Crippen molar-refractivity contribution in [1.82, 2.24) is 4.98 Å². The van der Waals surface area contributed by atoms with Gasteiger partial charge < -0.3 is 5.32 Å². The highest BCUT2D eigenvalue weighted by atomic mass is 19.4. The van der Waals surface area contributed by atoms with E-state index in [9.17, 15) is 17.6 Å². The summed E-state index contributed by atoms with van der Waals surface area (Å²) < 4.78 is 53.7. The number of hydrogen-bond acceptors (Lipinski definition) is 2. The number of benzene rings is 2. The molecule has 3 aromatic rings. The van der Waals surface area contributed by atoms with Crippen LogP contribution < -0.4 is 5.32 Å². The van der Waals surface area contributed by atoms with E-state index in [2.05, 4.69) is 24.1 Å². The van der Waals surface area contributed by atoms with Crippen molar-refractivity contribution in [2.75, 3.05) is 5.32 Å². The first-order valence-corrected chi connectivity index (χ1v) is 12.2. The minimum atomic E-state index is -4.47. The number of unbranched alkanes of at least 4 members (excludes halogenated alkanes) is 2. The Kier molecular flexibility index (Phi) is 12.5. The number of rotatable bonds is 6. The van der Waals surface area contributed by atoms with E-state index in [0.717, 1.165) is 22.8 Å². The van der Waals surface area contributed by atoms with Gasteiger partial charge in [0.2, 0.25) is 0 Å². The second kappa shape index (κ2) is 14.5. The Bertz CT molecular complexity index is 1040. The number of aromatic nitrogens is 1. The number of alkyl halides is 3. The summed E-state index contributed by atoms with van der Waals surface area (Å²) in [7, 11) is 0. The van der Waals surface area contributed by atoms with Crippen LogP contribution in [-0.2, 0) is 6.18 Å². The molecule has 0 radical (unpaired) electrons. The van der Waals surface area contributed by atoms with E-state index in [-0.39, 0.29) is 23.1 Å². The van der Waals surface area contributed by atoms with Crippen molar-refractivity contribution in [3.05, 3.63) is 82.7 Å². The maximum atomic E-state index is 13.6. The van der Waals surface area contributed by atoms with Crippen molar-refractivity contribution in [3.8, 4) is 11.3 Å². The van der Waals surface area contributed by atoms with Gasteiger partial charge in [0.1, 0.15) is 11.6 Å². The third kappa shape index (κ3) is 9.35. The van der Waals surface area contributed by atoms with Crippen LogP contribution in [0.3, 0.4) is 0 Å². The van der Waals surface area contributed by atoms with Crippen LogP contribution in [0.1, 0.15) is 82.2 Å². The predicted octanol–water partition coefficient (Wildman–Crippen LogP) is 9.92. The molecule has 192 valence electrons. The monoisotopic (exact) mass is 490 g/mol. The number of halogens is 4. The number of hydrogen-bond donors (Lipinski definition) is 1. The summed E-state index contributed by atoms with van der Waals surface area (Å²) in [6, 6.07) is 13.0. The van der Waals surface area contributed by atoms with Gasteiger partial charge in [0.15, 0.2) is 0 Å². The van der Waals surface area contributed by atoms with E-state index in [1.807, 2.05) is 27.7 Å². The molecule has 0 saturated heterocycles. The molecule has 1 aromatic heterocycles. The molecule has 2 nitrogen and oxygen atoms in total. The summed E-state index contributed by atoms with van der Waals surface area (Å²) in [5.74, 6) is 0.0920. The zero-order chi connectivity index (χ0) is 26.6. The molecule has 0 aliphatic carbocycles. The Labute approximate surface area is 207 Å². The highest BCUT2D eigenvalue weighted by molar-refractivity contribution is 5.67. The SMILES string of the molecule is CC.CCCCC.Cc1cc(NC(C)c2cc(F)ccc2C)nc(-c2ccccc2C(F)(F)F)c1. The molecule has 2 aromatic carbocycles. The van der Waals surface area contributed by atoms with Crippen LogP contribution >= 0.6 is 0 Å². The highest BCUT2D eigenvalue weighted by Crippen LogP contribution is 2.37. The molecular weight excluding hydrogens is 452 g/mol. The fourth-order valence-electron chi connectivity index (χ4n) is 3.56. The van der Waals surface area contributed by atoms with Crippen LogP contribution in [-0.4, -0.2) is 4.98 Å². The van der Waals surface area contributed by atoms with Gasteiger partial charge in [0.25, 0.3) is 0 Å². The Balaban J connectivity index is 0.000000779. The highest BCUT2D eigenvalue weighted by Gasteiger charge is 2.33. The van der Waals surface area contributed by atoms with E-state index >= 15 is 0 Å². The molecule has 0 amide bonds. The first-order chi connectivity index (χ1) is 16.6. The number of pyridine rings is 1. The zero-order valence-corrected chi connectivity index (χ0v) is 21.9. The summed E-state index contributed by atoms with van der Waals surface area (Å²) in [4.78, 5) is 4.39. The Morgan fingerprint density at radius 3 is 2.11 bits per heavy atom. The van der Waals surface area contributed by atoms with Gasteiger partial charge in [0, 0.05) is 5.56 Å². The average molecular weight is 491 g/mol. The third-order valence-corrected chi connectivity index (χ3v) is 5.26. The van der Waals surface area contributed by atoms with Crippen LogP contribution in [0.5, 0.6) is 0 Å². The van der Waals surface area contributed by atoms with Gasteiger partial charge >= 0.3 is 6.18 Å². The molecule has 0 spiro atoms. The third-order valence-electron chi connectivity index (χ3n) is 5.26. The van der Waals surface area contributed by atoms with E-state index in [1.165, 1.54) is 43.5 Å². The molecule has 3 rings (SSSR count). The fraction of sp³-hybridized carbons (Fsp3) is 0.414. The normalized spacial score (nSPS) is 11.5. The summed E-state index contributed by atoms with van der Waals surface area (Å²) in [6.07, 6.45) is -0.394. The molecule has 0 saturated carbocycles. The number of nitrogens with one attached hydrogen (secondary N) is 1. The van der Waals surface area contributed by atoms with E-state index in [1.54, 1.807) is 31.2 Å². The van der Waals surface area contributed by atoms with Crippen molar-refractivity contribution in [1.29, 1.82) is 0 Å². The smallest absolute Gasteiger partial charge is 0.364 e. The fourth-order valence-corrected chi connectivity index (χ4v) is 3.56. The Morgan fingerprint density at radius 1 is 0.914 bits per heavy atom. The van der Waals surface area contributed by atoms with E-state index in [4.69, 9.17) is 0 Å². The molecule has 1 heterocycles. The first kappa shape index (κ1) is 30.1. The van der Waals surface area contributed by atoms with Gasteiger partial charge in [-0.3, -0.25) is 0 Å². The second-order valence-corrected chi connectivity index (χ2v) is 8.18. The van der Waals surface area contributed by atoms with Crippen molar-refractivity contribution >= 4 is 5.82 Å². The summed E-state index contributed by atoms with van der Waals surface area (Å²) >= 11 is 0. The molecule has 0 bridgehead atoms. The molecule has 0 fully saturated rings. The second-order valence-electron chi connectivity index (χ2n) is 8.18. The van der Waals surface area contributed by atoms with Crippen LogP contribution in [0.4, 0.5) is 23.4 Å². The van der Waals surface area contributed by atoms with Crippen LogP contribution in [0.25, 0.3) is 11.3 Å². The van der Waals surface area contributed by atoms with Gasteiger partial charge in [-0.05, 0) is 67.8 Å². The van der Waals surface area contributed by atoms with Gasteiger partial charge in [0.05, 0.1) is 17.3 Å². The zero-order valence-electron chi connectivity index (χ0n) is 21.9. The van der Waals surface area contributed by atoms with E-state index < -0.39 is 11.7 Å². The lowest BCUT2D eigenvalue weighted by molar-refractivity contribution is -0.137. The predicted molar refractivity (Wildman–Crippen MR) is 139 cm³/mol.